The average Bonchev–Trinajstić information content (AvgIpc) is 3.08. The van der Waals surface area contributed by atoms with Crippen LogP contribution in [0.25, 0.3) is 0 Å². The van der Waals surface area contributed by atoms with Gasteiger partial charge in [0.25, 0.3) is 5.91 Å². The number of benzene rings is 1. The van der Waals surface area contributed by atoms with E-state index in [4.69, 9.17) is 4.74 Å². The molecule has 1 aliphatic heterocycles. The van der Waals surface area contributed by atoms with E-state index >= 15 is 0 Å². The average molecular weight is 342 g/mol. The van der Waals surface area contributed by atoms with Crippen molar-refractivity contribution in [3.8, 4) is 5.75 Å². The molecule has 1 aromatic carbocycles. The lowest BCUT2D eigenvalue weighted by Gasteiger charge is -2.32. The van der Waals surface area contributed by atoms with Crippen LogP contribution in [-0.4, -0.2) is 40.1 Å². The van der Waals surface area contributed by atoms with E-state index in [9.17, 15) is 9.59 Å². The summed E-state index contributed by atoms with van der Waals surface area (Å²) in [6.45, 7) is 4.64. The van der Waals surface area contributed by atoms with E-state index < -0.39 is 6.10 Å². The molecule has 0 bridgehead atoms. The highest BCUT2D eigenvalue weighted by Gasteiger charge is 2.31. The second-order valence-electron chi connectivity index (χ2n) is 6.20. The molecular formula is C18H22N4O3. The summed E-state index contributed by atoms with van der Waals surface area (Å²) in [5.74, 6) is 0.457. The SMILES string of the molecule is CC(Cn1ccnc1)NC(=O)CCN1C(=O)C(C)Oc2ccccc21. The largest absolute Gasteiger partial charge is 0.479 e. The van der Waals surface area contributed by atoms with Crippen LogP contribution in [0.15, 0.2) is 43.0 Å². The first kappa shape index (κ1) is 17.0. The van der Waals surface area contributed by atoms with E-state index in [1.54, 1.807) is 24.3 Å². The summed E-state index contributed by atoms with van der Waals surface area (Å²) >= 11 is 0. The third-order valence-electron chi connectivity index (χ3n) is 4.09. The lowest BCUT2D eigenvalue weighted by atomic mass is 10.1. The Morgan fingerprint density at radius 1 is 1.40 bits per heavy atom. The first-order chi connectivity index (χ1) is 12.0. The fourth-order valence-corrected chi connectivity index (χ4v) is 2.91. The topological polar surface area (TPSA) is 76.5 Å². The van der Waals surface area contributed by atoms with Crippen LogP contribution in [0.1, 0.15) is 20.3 Å². The number of fused-ring (bicyclic) bond motifs is 1. The molecule has 2 atom stereocenters. The van der Waals surface area contributed by atoms with Gasteiger partial charge in [-0.1, -0.05) is 12.1 Å². The second kappa shape index (κ2) is 7.38. The summed E-state index contributed by atoms with van der Waals surface area (Å²) in [6.07, 6.45) is 4.97. The van der Waals surface area contributed by atoms with Crippen LogP contribution in [-0.2, 0) is 16.1 Å². The number of para-hydroxylation sites is 2. The lowest BCUT2D eigenvalue weighted by molar-refractivity contribution is -0.125. The molecular weight excluding hydrogens is 320 g/mol. The maximum atomic E-state index is 12.4. The van der Waals surface area contributed by atoms with Gasteiger partial charge in [-0.15, -0.1) is 0 Å². The summed E-state index contributed by atoms with van der Waals surface area (Å²) in [5, 5.41) is 2.95. The van der Waals surface area contributed by atoms with Gasteiger partial charge in [0.2, 0.25) is 5.91 Å². The highest BCUT2D eigenvalue weighted by molar-refractivity contribution is 6.00. The molecule has 0 fully saturated rings. The first-order valence-corrected chi connectivity index (χ1v) is 8.37. The van der Waals surface area contributed by atoms with Gasteiger partial charge in [0.05, 0.1) is 12.0 Å². The van der Waals surface area contributed by atoms with Crippen molar-refractivity contribution >= 4 is 17.5 Å². The Kier molecular flexibility index (Phi) is 5.02. The van der Waals surface area contributed by atoms with E-state index in [2.05, 4.69) is 10.3 Å². The maximum absolute atomic E-state index is 12.4. The van der Waals surface area contributed by atoms with Gasteiger partial charge in [-0.3, -0.25) is 9.59 Å². The molecule has 3 rings (SSSR count). The van der Waals surface area contributed by atoms with Crippen molar-refractivity contribution in [1.82, 2.24) is 14.9 Å². The van der Waals surface area contributed by atoms with Gasteiger partial charge in [-0.25, -0.2) is 4.98 Å². The zero-order valence-corrected chi connectivity index (χ0v) is 14.4. The number of rotatable bonds is 6. The minimum Gasteiger partial charge on any atom is -0.479 e. The Labute approximate surface area is 146 Å². The number of anilines is 1. The van der Waals surface area contributed by atoms with Gasteiger partial charge in [0.15, 0.2) is 6.10 Å². The Hall–Kier alpha value is -2.83. The van der Waals surface area contributed by atoms with Gasteiger partial charge in [0.1, 0.15) is 5.75 Å². The first-order valence-electron chi connectivity index (χ1n) is 8.37. The smallest absolute Gasteiger partial charge is 0.267 e. The van der Waals surface area contributed by atoms with Crippen molar-refractivity contribution in [1.29, 1.82) is 0 Å². The minimum absolute atomic E-state index is 0.0201. The highest BCUT2D eigenvalue weighted by atomic mass is 16.5. The van der Waals surface area contributed by atoms with E-state index in [0.717, 1.165) is 0 Å². The van der Waals surface area contributed by atoms with Crippen LogP contribution in [0.2, 0.25) is 0 Å². The maximum Gasteiger partial charge on any atom is 0.267 e. The van der Waals surface area contributed by atoms with Crippen molar-refractivity contribution < 1.29 is 14.3 Å². The number of ether oxygens (including phenoxy) is 1. The minimum atomic E-state index is -0.543. The zero-order chi connectivity index (χ0) is 17.8. The van der Waals surface area contributed by atoms with Crippen LogP contribution in [0, 0.1) is 0 Å². The number of hydrogen-bond acceptors (Lipinski definition) is 4. The van der Waals surface area contributed by atoms with Gasteiger partial charge in [-0.05, 0) is 26.0 Å². The van der Waals surface area contributed by atoms with Crippen molar-refractivity contribution in [3.63, 3.8) is 0 Å². The van der Waals surface area contributed by atoms with Crippen molar-refractivity contribution in [3.05, 3.63) is 43.0 Å². The molecule has 2 heterocycles. The molecule has 2 unspecified atom stereocenters. The number of hydrogen-bond donors (Lipinski definition) is 1. The predicted octanol–water partition coefficient (Wildman–Crippen LogP) is 1.59. The van der Waals surface area contributed by atoms with Crippen LogP contribution in [0.5, 0.6) is 5.75 Å². The number of imidazole rings is 1. The number of carbonyl (C=O) groups excluding carboxylic acids is 2. The number of amides is 2. The Morgan fingerprint density at radius 3 is 2.96 bits per heavy atom. The van der Waals surface area contributed by atoms with E-state index in [0.29, 0.717) is 24.5 Å². The monoisotopic (exact) mass is 342 g/mol. The standard InChI is InChI=1S/C18H22N4O3/c1-13(11-21-10-8-19-12-21)20-17(23)7-9-22-15-5-3-4-6-16(15)25-14(2)18(22)24/h3-6,8,10,12-14H,7,9,11H2,1-2H3,(H,20,23). The molecule has 132 valence electrons. The summed E-state index contributed by atoms with van der Waals surface area (Å²) in [5.41, 5.74) is 0.713. The Bertz CT molecular complexity index is 745. The summed E-state index contributed by atoms with van der Waals surface area (Å²) in [4.78, 5) is 30.2. The second-order valence-corrected chi connectivity index (χ2v) is 6.20. The lowest BCUT2D eigenvalue weighted by Crippen LogP contribution is -2.46. The van der Waals surface area contributed by atoms with Crippen molar-refractivity contribution in [2.75, 3.05) is 11.4 Å². The third kappa shape index (κ3) is 3.99. The molecule has 0 radical (unpaired) electrons. The van der Waals surface area contributed by atoms with Crippen molar-refractivity contribution in [2.45, 2.75) is 39.0 Å². The van der Waals surface area contributed by atoms with Crippen LogP contribution in [0.3, 0.4) is 0 Å². The quantitative estimate of drug-likeness (QED) is 0.865. The summed E-state index contributed by atoms with van der Waals surface area (Å²) < 4.78 is 7.52. The highest BCUT2D eigenvalue weighted by Crippen LogP contribution is 2.33. The molecule has 1 aliphatic rings. The molecule has 1 aromatic heterocycles. The van der Waals surface area contributed by atoms with Gasteiger partial charge in [-0.2, -0.15) is 0 Å². The molecule has 7 heteroatoms. The van der Waals surface area contributed by atoms with Gasteiger partial charge in [0, 0.05) is 37.9 Å². The van der Waals surface area contributed by atoms with Crippen LogP contribution < -0.4 is 15.0 Å². The number of carbonyl (C=O) groups is 2. The fraction of sp³-hybridized carbons (Fsp3) is 0.389. The molecule has 2 aromatic rings. The molecule has 7 nitrogen and oxygen atoms in total. The van der Waals surface area contributed by atoms with E-state index in [1.807, 2.05) is 42.0 Å². The molecule has 25 heavy (non-hydrogen) atoms. The van der Waals surface area contributed by atoms with Crippen molar-refractivity contribution in [2.24, 2.45) is 0 Å². The molecule has 0 saturated carbocycles. The number of nitrogens with zero attached hydrogens (tertiary/aromatic N) is 3. The molecule has 0 saturated heterocycles. The van der Waals surface area contributed by atoms with E-state index in [1.165, 1.54) is 0 Å². The Morgan fingerprint density at radius 2 is 2.20 bits per heavy atom. The normalized spacial score (nSPS) is 17.6. The van der Waals surface area contributed by atoms with Crippen LogP contribution in [0.4, 0.5) is 5.69 Å². The predicted molar refractivity (Wildman–Crippen MR) is 93.3 cm³/mol. The fourth-order valence-electron chi connectivity index (χ4n) is 2.91. The number of nitrogens with one attached hydrogen (secondary N) is 1. The zero-order valence-electron chi connectivity index (χ0n) is 14.4. The molecule has 0 spiro atoms. The third-order valence-corrected chi connectivity index (χ3v) is 4.09. The van der Waals surface area contributed by atoms with E-state index in [-0.39, 0.29) is 24.3 Å². The summed E-state index contributed by atoms with van der Waals surface area (Å²) in [7, 11) is 0. The van der Waals surface area contributed by atoms with Gasteiger partial charge < -0.3 is 19.5 Å². The molecule has 2 amide bonds. The Balaban J connectivity index is 1.57. The van der Waals surface area contributed by atoms with Gasteiger partial charge >= 0.3 is 0 Å². The summed E-state index contributed by atoms with van der Waals surface area (Å²) in [6, 6.07) is 7.36. The molecule has 1 N–H and O–H groups in total. The molecule has 0 aliphatic carbocycles. The number of aromatic nitrogens is 2. The van der Waals surface area contributed by atoms with Crippen LogP contribution >= 0.6 is 0 Å².